The second-order valence-electron chi connectivity index (χ2n) is 5.46. The molecule has 0 atom stereocenters. The molecule has 0 bridgehead atoms. The van der Waals surface area contributed by atoms with Gasteiger partial charge in [-0.3, -0.25) is 0 Å². The molecule has 0 spiro atoms. The van der Waals surface area contributed by atoms with Crippen LogP contribution in [0.5, 0.6) is 11.5 Å². The van der Waals surface area contributed by atoms with Crippen LogP contribution in [0, 0.1) is 0 Å². The lowest BCUT2D eigenvalue weighted by Crippen LogP contribution is -2.15. The lowest BCUT2D eigenvalue weighted by Gasteiger charge is -2.10. The third-order valence-corrected chi connectivity index (χ3v) is 3.78. The molecule has 110 valence electrons. The van der Waals surface area contributed by atoms with Gasteiger partial charge >= 0.3 is 0 Å². The Labute approximate surface area is 125 Å². The standard InChI is InChI=1S/C18H21NO2/c1-20-17-9-15(10-18(11-17)21-2)14-5-3-4-13(8-14)12-19-16-6-7-16/h3-5,8-11,16,19H,6-7,12H2,1-2H3. The Kier molecular flexibility index (Phi) is 4.11. The summed E-state index contributed by atoms with van der Waals surface area (Å²) in [4.78, 5) is 0. The second-order valence-corrected chi connectivity index (χ2v) is 5.46. The Bertz CT molecular complexity index is 598. The molecule has 0 aromatic heterocycles. The number of hydrogen-bond donors (Lipinski definition) is 1. The van der Waals surface area contributed by atoms with Gasteiger partial charge in [0.2, 0.25) is 0 Å². The van der Waals surface area contributed by atoms with Gasteiger partial charge in [0.1, 0.15) is 11.5 Å². The highest BCUT2D eigenvalue weighted by molar-refractivity contribution is 5.68. The molecule has 0 amide bonds. The Morgan fingerprint density at radius 2 is 1.67 bits per heavy atom. The summed E-state index contributed by atoms with van der Waals surface area (Å²) in [6.07, 6.45) is 2.62. The molecule has 0 saturated heterocycles. The van der Waals surface area contributed by atoms with Crippen LogP contribution in [0.2, 0.25) is 0 Å². The molecule has 2 aromatic carbocycles. The van der Waals surface area contributed by atoms with Gasteiger partial charge in [0.25, 0.3) is 0 Å². The van der Waals surface area contributed by atoms with Crippen LogP contribution in [0.15, 0.2) is 42.5 Å². The largest absolute Gasteiger partial charge is 0.497 e. The second kappa shape index (κ2) is 6.19. The lowest BCUT2D eigenvalue weighted by molar-refractivity contribution is 0.394. The third kappa shape index (κ3) is 3.56. The quantitative estimate of drug-likeness (QED) is 0.878. The highest BCUT2D eigenvalue weighted by Crippen LogP contribution is 2.30. The number of rotatable bonds is 6. The first-order chi connectivity index (χ1) is 10.3. The molecule has 3 nitrogen and oxygen atoms in total. The highest BCUT2D eigenvalue weighted by atomic mass is 16.5. The van der Waals surface area contributed by atoms with E-state index in [0.717, 1.165) is 29.6 Å². The van der Waals surface area contributed by atoms with Crippen LogP contribution in [0.3, 0.4) is 0 Å². The molecule has 3 rings (SSSR count). The summed E-state index contributed by atoms with van der Waals surface area (Å²) in [6, 6.07) is 15.3. The van der Waals surface area contributed by atoms with Gasteiger partial charge in [0, 0.05) is 18.7 Å². The predicted molar refractivity (Wildman–Crippen MR) is 84.8 cm³/mol. The molecule has 1 fully saturated rings. The molecule has 1 N–H and O–H groups in total. The summed E-state index contributed by atoms with van der Waals surface area (Å²) in [5.41, 5.74) is 3.60. The molecule has 21 heavy (non-hydrogen) atoms. The van der Waals surface area contributed by atoms with Crippen molar-refractivity contribution in [3.8, 4) is 22.6 Å². The summed E-state index contributed by atoms with van der Waals surface area (Å²) in [6.45, 7) is 0.930. The first-order valence-electron chi connectivity index (χ1n) is 7.34. The van der Waals surface area contributed by atoms with Crippen molar-refractivity contribution < 1.29 is 9.47 Å². The normalized spacial score (nSPS) is 14.0. The zero-order valence-corrected chi connectivity index (χ0v) is 12.6. The van der Waals surface area contributed by atoms with Crippen molar-refractivity contribution in [2.75, 3.05) is 14.2 Å². The van der Waals surface area contributed by atoms with Gasteiger partial charge in [-0.05, 0) is 47.7 Å². The van der Waals surface area contributed by atoms with E-state index in [0.29, 0.717) is 0 Å². The van der Waals surface area contributed by atoms with Crippen molar-refractivity contribution in [3.63, 3.8) is 0 Å². The lowest BCUT2D eigenvalue weighted by atomic mass is 10.0. The molecular formula is C18H21NO2. The number of hydrogen-bond acceptors (Lipinski definition) is 3. The van der Waals surface area contributed by atoms with Crippen LogP contribution in [-0.4, -0.2) is 20.3 Å². The van der Waals surface area contributed by atoms with Crippen molar-refractivity contribution in [2.45, 2.75) is 25.4 Å². The summed E-state index contributed by atoms with van der Waals surface area (Å²) in [5.74, 6) is 1.62. The Balaban J connectivity index is 1.86. The van der Waals surface area contributed by atoms with Gasteiger partial charge in [0.15, 0.2) is 0 Å². The fourth-order valence-corrected chi connectivity index (χ4v) is 2.38. The van der Waals surface area contributed by atoms with E-state index in [1.165, 1.54) is 24.0 Å². The smallest absolute Gasteiger partial charge is 0.123 e. The predicted octanol–water partition coefficient (Wildman–Crippen LogP) is 3.62. The van der Waals surface area contributed by atoms with Crippen molar-refractivity contribution in [1.82, 2.24) is 5.32 Å². The minimum Gasteiger partial charge on any atom is -0.497 e. The molecule has 3 heteroatoms. The van der Waals surface area contributed by atoms with Crippen molar-refractivity contribution in [3.05, 3.63) is 48.0 Å². The summed E-state index contributed by atoms with van der Waals surface area (Å²) in [5, 5.41) is 3.55. The number of nitrogens with one attached hydrogen (secondary N) is 1. The van der Waals surface area contributed by atoms with E-state index in [4.69, 9.17) is 9.47 Å². The maximum Gasteiger partial charge on any atom is 0.123 e. The third-order valence-electron chi connectivity index (χ3n) is 3.78. The zero-order chi connectivity index (χ0) is 14.7. The molecule has 0 heterocycles. The zero-order valence-electron chi connectivity index (χ0n) is 12.6. The highest BCUT2D eigenvalue weighted by Gasteiger charge is 2.19. The van der Waals surface area contributed by atoms with Gasteiger partial charge in [-0.25, -0.2) is 0 Å². The Morgan fingerprint density at radius 3 is 2.29 bits per heavy atom. The van der Waals surface area contributed by atoms with Gasteiger partial charge in [-0.2, -0.15) is 0 Å². The molecule has 0 radical (unpaired) electrons. The van der Waals surface area contributed by atoms with E-state index in [2.05, 4.69) is 29.6 Å². The summed E-state index contributed by atoms with van der Waals surface area (Å²) >= 11 is 0. The van der Waals surface area contributed by atoms with Crippen LogP contribution in [-0.2, 0) is 6.54 Å². The molecular weight excluding hydrogens is 262 g/mol. The molecule has 1 saturated carbocycles. The van der Waals surface area contributed by atoms with Crippen LogP contribution >= 0.6 is 0 Å². The van der Waals surface area contributed by atoms with Gasteiger partial charge in [-0.1, -0.05) is 18.2 Å². The van der Waals surface area contributed by atoms with Crippen LogP contribution < -0.4 is 14.8 Å². The average Bonchev–Trinajstić information content (AvgIpc) is 3.37. The minimum absolute atomic E-state index is 0.727. The first-order valence-corrected chi connectivity index (χ1v) is 7.34. The monoisotopic (exact) mass is 283 g/mol. The molecule has 1 aliphatic carbocycles. The Morgan fingerprint density at radius 1 is 0.952 bits per heavy atom. The molecule has 1 aliphatic rings. The van der Waals surface area contributed by atoms with E-state index in [1.54, 1.807) is 14.2 Å². The van der Waals surface area contributed by atoms with E-state index < -0.39 is 0 Å². The van der Waals surface area contributed by atoms with Gasteiger partial charge < -0.3 is 14.8 Å². The minimum atomic E-state index is 0.727. The molecule has 2 aromatic rings. The SMILES string of the molecule is COc1cc(OC)cc(-c2cccc(CNC3CC3)c2)c1. The van der Waals surface area contributed by atoms with Crippen molar-refractivity contribution in [2.24, 2.45) is 0 Å². The number of ether oxygens (including phenoxy) is 2. The first kappa shape index (κ1) is 14.0. The van der Waals surface area contributed by atoms with E-state index in [1.807, 2.05) is 18.2 Å². The topological polar surface area (TPSA) is 30.5 Å². The number of benzene rings is 2. The number of methoxy groups -OCH3 is 2. The fourth-order valence-electron chi connectivity index (χ4n) is 2.38. The van der Waals surface area contributed by atoms with Crippen LogP contribution in [0.25, 0.3) is 11.1 Å². The summed E-state index contributed by atoms with van der Waals surface area (Å²) < 4.78 is 10.7. The van der Waals surface area contributed by atoms with E-state index >= 15 is 0 Å². The van der Waals surface area contributed by atoms with Crippen molar-refractivity contribution >= 4 is 0 Å². The van der Waals surface area contributed by atoms with Crippen LogP contribution in [0.1, 0.15) is 18.4 Å². The Hall–Kier alpha value is -2.00. The maximum atomic E-state index is 5.34. The van der Waals surface area contributed by atoms with Gasteiger partial charge in [-0.15, -0.1) is 0 Å². The van der Waals surface area contributed by atoms with Crippen LogP contribution in [0.4, 0.5) is 0 Å². The summed E-state index contributed by atoms with van der Waals surface area (Å²) in [7, 11) is 3.35. The van der Waals surface area contributed by atoms with Crippen molar-refractivity contribution in [1.29, 1.82) is 0 Å². The average molecular weight is 283 g/mol. The maximum absolute atomic E-state index is 5.34. The van der Waals surface area contributed by atoms with E-state index in [-0.39, 0.29) is 0 Å². The van der Waals surface area contributed by atoms with Gasteiger partial charge in [0.05, 0.1) is 14.2 Å². The molecule has 0 aliphatic heterocycles. The molecule has 0 unspecified atom stereocenters. The fraction of sp³-hybridized carbons (Fsp3) is 0.333. The van der Waals surface area contributed by atoms with E-state index in [9.17, 15) is 0 Å².